The summed E-state index contributed by atoms with van der Waals surface area (Å²) in [6, 6.07) is 7.20. The minimum absolute atomic E-state index is 0. The fraction of sp³-hybridized carbons (Fsp3) is 0.650. The van der Waals surface area contributed by atoms with E-state index < -0.39 is 0 Å². The topological polar surface area (TPSA) is 55.1 Å². The molecule has 24 heavy (non-hydrogen) atoms. The van der Waals surface area contributed by atoms with E-state index in [0.29, 0.717) is 30.3 Å². The van der Waals surface area contributed by atoms with E-state index in [4.69, 9.17) is 5.73 Å². The Hall–Kier alpha value is -1.06. The molecule has 2 aliphatic carbocycles. The number of hydrogen-bond donors (Lipinski definition) is 2. The van der Waals surface area contributed by atoms with Crippen LogP contribution in [0.2, 0.25) is 0 Å². The molecule has 3 N–H and O–H groups in total. The average Bonchev–Trinajstić information content (AvgIpc) is 2.47. The SMILES string of the molecule is Cc1ccc(CCC(=O)NC2C3CCCC2CC(N)C3)c(C)c1.Cl. The molecule has 3 rings (SSSR count). The van der Waals surface area contributed by atoms with Crippen molar-refractivity contribution >= 4 is 18.3 Å². The largest absolute Gasteiger partial charge is 0.353 e. The van der Waals surface area contributed by atoms with Gasteiger partial charge in [-0.3, -0.25) is 4.79 Å². The van der Waals surface area contributed by atoms with Crippen molar-refractivity contribution in [3.05, 3.63) is 34.9 Å². The highest BCUT2D eigenvalue weighted by Gasteiger charge is 2.39. The van der Waals surface area contributed by atoms with Gasteiger partial charge in [-0.1, -0.05) is 30.2 Å². The zero-order valence-corrected chi connectivity index (χ0v) is 15.7. The number of aryl methyl sites for hydroxylation is 3. The Bertz CT molecular complexity index is 561. The molecular formula is C20H31ClN2O. The van der Waals surface area contributed by atoms with Gasteiger partial charge in [-0.2, -0.15) is 0 Å². The van der Waals surface area contributed by atoms with Crippen molar-refractivity contribution in [2.75, 3.05) is 0 Å². The minimum Gasteiger partial charge on any atom is -0.353 e. The monoisotopic (exact) mass is 350 g/mol. The van der Waals surface area contributed by atoms with Gasteiger partial charge in [-0.05, 0) is 68.9 Å². The van der Waals surface area contributed by atoms with E-state index in [9.17, 15) is 4.79 Å². The van der Waals surface area contributed by atoms with Crippen LogP contribution in [0.5, 0.6) is 0 Å². The minimum atomic E-state index is 0. The number of amides is 1. The van der Waals surface area contributed by atoms with E-state index in [1.807, 2.05) is 0 Å². The first-order valence-electron chi connectivity index (χ1n) is 9.14. The molecule has 0 radical (unpaired) electrons. The van der Waals surface area contributed by atoms with Crippen molar-refractivity contribution < 1.29 is 4.79 Å². The smallest absolute Gasteiger partial charge is 0.220 e. The number of rotatable bonds is 4. The molecule has 4 heteroatoms. The highest BCUT2D eigenvalue weighted by atomic mass is 35.5. The molecule has 0 heterocycles. The van der Waals surface area contributed by atoms with Crippen LogP contribution in [-0.4, -0.2) is 18.0 Å². The second-order valence-corrected chi connectivity index (χ2v) is 7.71. The molecule has 1 amide bonds. The number of fused-ring (bicyclic) bond motifs is 2. The van der Waals surface area contributed by atoms with Gasteiger partial charge in [0.05, 0.1) is 0 Å². The second-order valence-electron chi connectivity index (χ2n) is 7.71. The zero-order valence-electron chi connectivity index (χ0n) is 14.9. The summed E-state index contributed by atoms with van der Waals surface area (Å²) in [5.74, 6) is 1.41. The lowest BCUT2D eigenvalue weighted by Gasteiger charge is -2.45. The third kappa shape index (κ3) is 4.52. The molecule has 0 aliphatic heterocycles. The number of nitrogens with two attached hydrogens (primary N) is 1. The summed E-state index contributed by atoms with van der Waals surface area (Å²) in [7, 11) is 0. The van der Waals surface area contributed by atoms with Crippen LogP contribution >= 0.6 is 12.4 Å². The van der Waals surface area contributed by atoms with E-state index in [0.717, 1.165) is 19.3 Å². The van der Waals surface area contributed by atoms with Crippen LogP contribution in [-0.2, 0) is 11.2 Å². The first-order chi connectivity index (χ1) is 11.0. The summed E-state index contributed by atoms with van der Waals surface area (Å²) in [6.45, 7) is 4.24. The van der Waals surface area contributed by atoms with Crippen molar-refractivity contribution in [2.45, 2.75) is 70.9 Å². The number of carbonyl (C=O) groups excluding carboxylic acids is 1. The fourth-order valence-corrected chi connectivity index (χ4v) is 4.66. The van der Waals surface area contributed by atoms with Gasteiger partial charge in [0.15, 0.2) is 0 Å². The Morgan fingerprint density at radius 2 is 1.88 bits per heavy atom. The molecule has 2 saturated carbocycles. The summed E-state index contributed by atoms with van der Waals surface area (Å²) in [5, 5.41) is 3.35. The summed E-state index contributed by atoms with van der Waals surface area (Å²) >= 11 is 0. The summed E-state index contributed by atoms with van der Waals surface area (Å²) < 4.78 is 0. The summed E-state index contributed by atoms with van der Waals surface area (Å²) in [4.78, 5) is 12.4. The number of hydrogen-bond acceptors (Lipinski definition) is 2. The van der Waals surface area contributed by atoms with Crippen LogP contribution in [0, 0.1) is 25.7 Å². The Balaban J connectivity index is 0.00000208. The van der Waals surface area contributed by atoms with E-state index in [2.05, 4.69) is 37.4 Å². The fourth-order valence-electron chi connectivity index (χ4n) is 4.66. The summed E-state index contributed by atoms with van der Waals surface area (Å²) in [5.41, 5.74) is 10.0. The lowest BCUT2D eigenvalue weighted by Crippen LogP contribution is -2.53. The van der Waals surface area contributed by atoms with Crippen LogP contribution in [0.3, 0.4) is 0 Å². The number of benzene rings is 1. The molecule has 2 unspecified atom stereocenters. The van der Waals surface area contributed by atoms with Gasteiger partial charge in [-0.25, -0.2) is 0 Å². The maximum Gasteiger partial charge on any atom is 0.220 e. The first kappa shape index (κ1) is 19.3. The second kappa shape index (κ2) is 8.35. The molecule has 2 aliphatic rings. The van der Waals surface area contributed by atoms with Crippen molar-refractivity contribution in [3.63, 3.8) is 0 Å². The Labute approximate surface area is 152 Å². The zero-order chi connectivity index (χ0) is 16.4. The predicted octanol–water partition coefficient (Wildman–Crippen LogP) is 3.68. The predicted molar refractivity (Wildman–Crippen MR) is 101 cm³/mol. The highest BCUT2D eigenvalue weighted by molar-refractivity contribution is 5.85. The lowest BCUT2D eigenvalue weighted by molar-refractivity contribution is -0.123. The van der Waals surface area contributed by atoms with Gasteiger partial charge in [-0.15, -0.1) is 12.4 Å². The highest BCUT2D eigenvalue weighted by Crippen LogP contribution is 2.39. The van der Waals surface area contributed by atoms with Crippen molar-refractivity contribution in [2.24, 2.45) is 17.6 Å². The third-order valence-electron chi connectivity index (χ3n) is 5.82. The van der Waals surface area contributed by atoms with Crippen LogP contribution in [0.25, 0.3) is 0 Å². The normalized spacial score (nSPS) is 28.8. The molecule has 2 bridgehead atoms. The van der Waals surface area contributed by atoms with Crippen molar-refractivity contribution in [1.29, 1.82) is 0 Å². The quantitative estimate of drug-likeness (QED) is 0.870. The van der Waals surface area contributed by atoms with E-state index in [1.54, 1.807) is 0 Å². The molecule has 0 aromatic heterocycles. The van der Waals surface area contributed by atoms with Gasteiger partial charge in [0.2, 0.25) is 5.91 Å². The Morgan fingerprint density at radius 3 is 2.50 bits per heavy atom. The molecule has 0 spiro atoms. The van der Waals surface area contributed by atoms with Crippen LogP contribution in [0.4, 0.5) is 0 Å². The lowest BCUT2D eigenvalue weighted by atomic mass is 9.67. The molecular weight excluding hydrogens is 320 g/mol. The molecule has 0 saturated heterocycles. The van der Waals surface area contributed by atoms with Crippen LogP contribution in [0.15, 0.2) is 18.2 Å². The Kier molecular flexibility index (Phi) is 6.70. The summed E-state index contributed by atoms with van der Waals surface area (Å²) in [6.07, 6.45) is 7.35. The van der Waals surface area contributed by atoms with Gasteiger partial charge in [0, 0.05) is 18.5 Å². The average molecular weight is 351 g/mol. The number of nitrogens with one attached hydrogen (secondary N) is 1. The molecule has 134 valence electrons. The van der Waals surface area contributed by atoms with Crippen LogP contribution < -0.4 is 11.1 Å². The maximum absolute atomic E-state index is 12.4. The van der Waals surface area contributed by atoms with Gasteiger partial charge in [0.25, 0.3) is 0 Å². The van der Waals surface area contributed by atoms with Crippen LogP contribution in [0.1, 0.15) is 55.2 Å². The van der Waals surface area contributed by atoms with Crippen molar-refractivity contribution in [1.82, 2.24) is 5.32 Å². The van der Waals surface area contributed by atoms with E-state index >= 15 is 0 Å². The molecule has 2 atom stereocenters. The maximum atomic E-state index is 12.4. The van der Waals surface area contributed by atoms with Crippen molar-refractivity contribution in [3.8, 4) is 0 Å². The number of halogens is 1. The Morgan fingerprint density at radius 1 is 1.21 bits per heavy atom. The van der Waals surface area contributed by atoms with Gasteiger partial charge >= 0.3 is 0 Å². The number of carbonyl (C=O) groups is 1. The molecule has 1 aromatic rings. The standard InChI is InChI=1S/C20H30N2O.ClH/c1-13-6-7-15(14(2)10-13)8-9-19(23)22-20-16-4-3-5-17(20)12-18(21)11-16;/h6-7,10,16-18,20H,3-5,8-9,11-12,21H2,1-2H3,(H,22,23);1H. The van der Waals surface area contributed by atoms with Gasteiger partial charge in [0.1, 0.15) is 0 Å². The first-order valence-corrected chi connectivity index (χ1v) is 9.14. The molecule has 2 fully saturated rings. The van der Waals surface area contributed by atoms with E-state index in [-0.39, 0.29) is 18.3 Å². The third-order valence-corrected chi connectivity index (χ3v) is 5.82. The molecule has 1 aromatic carbocycles. The van der Waals surface area contributed by atoms with E-state index in [1.165, 1.54) is 36.0 Å². The van der Waals surface area contributed by atoms with Gasteiger partial charge < -0.3 is 11.1 Å². The molecule has 3 nitrogen and oxygen atoms in total.